The molecular weight excluding hydrogens is 292 g/mol. The normalized spacial score (nSPS) is 11.8. The zero-order valence-corrected chi connectivity index (χ0v) is 13.4. The van der Waals surface area contributed by atoms with Crippen LogP contribution in [0.3, 0.4) is 0 Å². The second-order valence-corrected chi connectivity index (χ2v) is 5.17. The SMILES string of the molecule is COCC(N)C(=O)N(Cc1ccccc1)c1ccc(OC)cc1. The molecule has 23 heavy (non-hydrogen) atoms. The first-order valence-electron chi connectivity index (χ1n) is 7.39. The van der Waals surface area contributed by atoms with Crippen LogP contribution in [0.25, 0.3) is 0 Å². The Morgan fingerprint density at radius 3 is 2.30 bits per heavy atom. The summed E-state index contributed by atoms with van der Waals surface area (Å²) >= 11 is 0. The minimum Gasteiger partial charge on any atom is -0.497 e. The fourth-order valence-corrected chi connectivity index (χ4v) is 2.28. The molecule has 1 unspecified atom stereocenters. The van der Waals surface area contributed by atoms with Crippen LogP contribution < -0.4 is 15.4 Å². The molecular formula is C18H22N2O3. The highest BCUT2D eigenvalue weighted by atomic mass is 16.5. The first kappa shape index (κ1) is 17.0. The van der Waals surface area contributed by atoms with E-state index in [9.17, 15) is 4.79 Å². The summed E-state index contributed by atoms with van der Waals surface area (Å²) in [6.45, 7) is 0.629. The Bertz CT molecular complexity index is 614. The molecule has 5 heteroatoms. The summed E-state index contributed by atoms with van der Waals surface area (Å²) in [4.78, 5) is 14.3. The smallest absolute Gasteiger partial charge is 0.246 e. The van der Waals surface area contributed by atoms with Crippen LogP contribution in [0.2, 0.25) is 0 Å². The van der Waals surface area contributed by atoms with Crippen molar-refractivity contribution in [1.82, 2.24) is 0 Å². The van der Waals surface area contributed by atoms with Crippen LogP contribution in [0, 0.1) is 0 Å². The van der Waals surface area contributed by atoms with Crippen LogP contribution in [0.5, 0.6) is 5.75 Å². The first-order valence-corrected chi connectivity index (χ1v) is 7.39. The van der Waals surface area contributed by atoms with E-state index < -0.39 is 6.04 Å². The van der Waals surface area contributed by atoms with Crippen molar-refractivity contribution in [3.63, 3.8) is 0 Å². The summed E-state index contributed by atoms with van der Waals surface area (Å²) in [5.41, 5.74) is 7.73. The average molecular weight is 314 g/mol. The Morgan fingerprint density at radius 1 is 1.09 bits per heavy atom. The number of amides is 1. The molecule has 0 aromatic heterocycles. The predicted octanol–water partition coefficient (Wildman–Crippen LogP) is 2.20. The molecule has 0 aliphatic carbocycles. The van der Waals surface area contributed by atoms with Gasteiger partial charge in [0, 0.05) is 12.8 Å². The van der Waals surface area contributed by atoms with E-state index in [1.165, 1.54) is 7.11 Å². The number of benzene rings is 2. The van der Waals surface area contributed by atoms with Crippen LogP contribution in [0.1, 0.15) is 5.56 Å². The minimum atomic E-state index is -0.703. The molecule has 0 saturated carbocycles. The number of carbonyl (C=O) groups is 1. The van der Waals surface area contributed by atoms with Gasteiger partial charge in [-0.3, -0.25) is 4.79 Å². The Balaban J connectivity index is 2.27. The van der Waals surface area contributed by atoms with E-state index in [0.717, 1.165) is 17.0 Å². The van der Waals surface area contributed by atoms with E-state index in [2.05, 4.69) is 0 Å². The largest absolute Gasteiger partial charge is 0.497 e. The fourth-order valence-electron chi connectivity index (χ4n) is 2.28. The number of ether oxygens (including phenoxy) is 2. The quantitative estimate of drug-likeness (QED) is 0.851. The van der Waals surface area contributed by atoms with Gasteiger partial charge in [0.15, 0.2) is 0 Å². The second kappa shape index (κ2) is 8.31. The lowest BCUT2D eigenvalue weighted by atomic mass is 10.1. The molecule has 0 fully saturated rings. The highest BCUT2D eigenvalue weighted by molar-refractivity contribution is 5.97. The molecule has 2 aromatic carbocycles. The van der Waals surface area contributed by atoms with Crippen molar-refractivity contribution < 1.29 is 14.3 Å². The number of nitrogens with two attached hydrogens (primary N) is 1. The van der Waals surface area contributed by atoms with Gasteiger partial charge < -0.3 is 20.1 Å². The lowest BCUT2D eigenvalue weighted by Crippen LogP contribution is -2.46. The Morgan fingerprint density at radius 2 is 1.74 bits per heavy atom. The number of nitrogens with zero attached hydrogens (tertiary/aromatic N) is 1. The minimum absolute atomic E-state index is 0.180. The fraction of sp³-hybridized carbons (Fsp3) is 0.278. The molecule has 0 aliphatic rings. The zero-order valence-electron chi connectivity index (χ0n) is 13.4. The second-order valence-electron chi connectivity index (χ2n) is 5.17. The summed E-state index contributed by atoms with van der Waals surface area (Å²) in [6, 6.07) is 16.4. The summed E-state index contributed by atoms with van der Waals surface area (Å²) in [5, 5.41) is 0. The monoisotopic (exact) mass is 314 g/mol. The summed E-state index contributed by atoms with van der Waals surface area (Å²) in [6.07, 6.45) is 0. The van der Waals surface area contributed by atoms with Crippen molar-refractivity contribution in [2.45, 2.75) is 12.6 Å². The topological polar surface area (TPSA) is 64.8 Å². The summed E-state index contributed by atoms with van der Waals surface area (Å²) < 4.78 is 10.2. The van der Waals surface area contributed by atoms with Crippen molar-refractivity contribution in [2.24, 2.45) is 5.73 Å². The van der Waals surface area contributed by atoms with Crippen molar-refractivity contribution in [3.8, 4) is 5.75 Å². The molecule has 1 amide bonds. The summed E-state index contributed by atoms with van der Waals surface area (Å²) in [7, 11) is 3.14. The van der Waals surface area contributed by atoms with Gasteiger partial charge in [0.25, 0.3) is 0 Å². The van der Waals surface area contributed by atoms with E-state index in [1.54, 1.807) is 12.0 Å². The first-order chi connectivity index (χ1) is 11.2. The van der Waals surface area contributed by atoms with Crippen LogP contribution in [0.4, 0.5) is 5.69 Å². The van der Waals surface area contributed by atoms with Gasteiger partial charge in [0.1, 0.15) is 11.8 Å². The molecule has 2 aromatic rings. The highest BCUT2D eigenvalue weighted by Crippen LogP contribution is 2.22. The Labute approximate surface area is 136 Å². The number of carbonyl (C=O) groups excluding carboxylic acids is 1. The molecule has 0 radical (unpaired) electrons. The van der Waals surface area contributed by atoms with Crippen LogP contribution in [-0.2, 0) is 16.1 Å². The van der Waals surface area contributed by atoms with Gasteiger partial charge in [0.05, 0.1) is 20.3 Å². The summed E-state index contributed by atoms with van der Waals surface area (Å²) in [5.74, 6) is 0.558. The maximum atomic E-state index is 12.7. The lowest BCUT2D eigenvalue weighted by Gasteiger charge is -2.26. The van der Waals surface area contributed by atoms with E-state index in [1.807, 2.05) is 54.6 Å². The van der Waals surface area contributed by atoms with E-state index in [4.69, 9.17) is 15.2 Å². The van der Waals surface area contributed by atoms with Crippen molar-refractivity contribution in [1.29, 1.82) is 0 Å². The Kier molecular flexibility index (Phi) is 6.14. The standard InChI is InChI=1S/C18H22N2O3/c1-22-13-17(19)18(21)20(12-14-6-4-3-5-7-14)15-8-10-16(23-2)11-9-15/h3-11,17H,12-13,19H2,1-2H3. The third kappa shape index (κ3) is 4.55. The highest BCUT2D eigenvalue weighted by Gasteiger charge is 2.22. The van der Waals surface area contributed by atoms with Gasteiger partial charge >= 0.3 is 0 Å². The van der Waals surface area contributed by atoms with Gasteiger partial charge in [-0.1, -0.05) is 30.3 Å². The maximum absolute atomic E-state index is 12.7. The van der Waals surface area contributed by atoms with E-state index in [-0.39, 0.29) is 12.5 Å². The van der Waals surface area contributed by atoms with Crippen molar-refractivity contribution in [3.05, 3.63) is 60.2 Å². The Hall–Kier alpha value is -2.37. The number of hydrogen-bond donors (Lipinski definition) is 1. The molecule has 122 valence electrons. The predicted molar refractivity (Wildman–Crippen MR) is 90.5 cm³/mol. The number of hydrogen-bond acceptors (Lipinski definition) is 4. The van der Waals surface area contributed by atoms with Crippen LogP contribution in [0.15, 0.2) is 54.6 Å². The zero-order chi connectivity index (χ0) is 16.7. The average Bonchev–Trinajstić information content (AvgIpc) is 2.60. The van der Waals surface area contributed by atoms with Crippen LogP contribution in [-0.4, -0.2) is 32.8 Å². The van der Waals surface area contributed by atoms with E-state index in [0.29, 0.717) is 6.54 Å². The van der Waals surface area contributed by atoms with Gasteiger partial charge in [-0.2, -0.15) is 0 Å². The maximum Gasteiger partial charge on any atom is 0.246 e. The van der Waals surface area contributed by atoms with Crippen molar-refractivity contribution in [2.75, 3.05) is 25.7 Å². The van der Waals surface area contributed by atoms with Gasteiger partial charge in [0.2, 0.25) is 5.91 Å². The van der Waals surface area contributed by atoms with E-state index >= 15 is 0 Å². The molecule has 0 saturated heterocycles. The molecule has 1 atom stereocenters. The van der Waals surface area contributed by atoms with Crippen LogP contribution >= 0.6 is 0 Å². The number of rotatable bonds is 7. The molecule has 0 bridgehead atoms. The molecule has 5 nitrogen and oxygen atoms in total. The van der Waals surface area contributed by atoms with Gasteiger partial charge in [-0.25, -0.2) is 0 Å². The van der Waals surface area contributed by atoms with Crippen molar-refractivity contribution >= 4 is 11.6 Å². The molecule has 0 heterocycles. The molecule has 2 N–H and O–H groups in total. The van der Waals surface area contributed by atoms with Gasteiger partial charge in [-0.05, 0) is 29.8 Å². The number of methoxy groups -OCH3 is 2. The lowest BCUT2D eigenvalue weighted by molar-refractivity contribution is -0.121. The third-order valence-electron chi connectivity index (χ3n) is 3.50. The molecule has 0 spiro atoms. The van der Waals surface area contributed by atoms with Gasteiger partial charge in [-0.15, -0.1) is 0 Å². The molecule has 2 rings (SSSR count). The molecule has 0 aliphatic heterocycles. The third-order valence-corrected chi connectivity index (χ3v) is 3.50. The number of anilines is 1.